The molecule has 1 amide bonds. The molecule has 0 saturated carbocycles. The van der Waals surface area contributed by atoms with Crippen molar-refractivity contribution in [2.24, 2.45) is 0 Å². The van der Waals surface area contributed by atoms with Crippen molar-refractivity contribution in [1.29, 1.82) is 0 Å². The van der Waals surface area contributed by atoms with Gasteiger partial charge in [0.2, 0.25) is 5.91 Å². The van der Waals surface area contributed by atoms with Gasteiger partial charge in [-0.3, -0.25) is 4.79 Å². The van der Waals surface area contributed by atoms with Gasteiger partial charge < -0.3 is 9.88 Å². The third-order valence-corrected chi connectivity index (χ3v) is 5.62. The van der Waals surface area contributed by atoms with Crippen LogP contribution in [-0.4, -0.2) is 21.5 Å². The van der Waals surface area contributed by atoms with Crippen LogP contribution in [0.5, 0.6) is 0 Å². The Kier molecular flexibility index (Phi) is 6.63. The molecule has 0 radical (unpaired) electrons. The number of carbonyl (C=O) groups excluding carboxylic acids is 1. The van der Waals surface area contributed by atoms with E-state index in [9.17, 15) is 4.79 Å². The highest BCUT2D eigenvalue weighted by Crippen LogP contribution is 2.29. The van der Waals surface area contributed by atoms with Gasteiger partial charge in [-0.25, -0.2) is 4.98 Å². The molecule has 0 aliphatic carbocycles. The number of fused-ring (bicyclic) bond motifs is 1. The number of hydrogen-bond donors (Lipinski definition) is 1. The van der Waals surface area contributed by atoms with Crippen molar-refractivity contribution in [1.82, 2.24) is 14.9 Å². The lowest BCUT2D eigenvalue weighted by molar-refractivity contribution is -0.121. The van der Waals surface area contributed by atoms with E-state index >= 15 is 0 Å². The van der Waals surface area contributed by atoms with E-state index < -0.39 is 0 Å². The maximum atomic E-state index is 12.3. The van der Waals surface area contributed by atoms with Gasteiger partial charge in [0.25, 0.3) is 0 Å². The van der Waals surface area contributed by atoms with Gasteiger partial charge >= 0.3 is 0 Å². The van der Waals surface area contributed by atoms with Gasteiger partial charge in [-0.1, -0.05) is 60.0 Å². The summed E-state index contributed by atoms with van der Waals surface area (Å²) in [4.78, 5) is 17.1. The Labute approximate surface area is 175 Å². The second-order valence-corrected chi connectivity index (χ2v) is 8.04. The monoisotopic (exact) mass is 417 g/mol. The summed E-state index contributed by atoms with van der Waals surface area (Å²) in [5.41, 5.74) is 4.07. The first-order valence-electron chi connectivity index (χ1n) is 9.56. The first-order chi connectivity index (χ1) is 13.4. The number of nitrogens with zero attached hydrogens (tertiary/aromatic N) is 2. The lowest BCUT2D eigenvalue weighted by atomic mass is 10.1. The number of carbonyl (C=O) groups is 1. The number of nitrogens with one attached hydrogen (secondary N) is 1. The summed E-state index contributed by atoms with van der Waals surface area (Å²) in [6.45, 7) is 6.68. The fraction of sp³-hybridized carbons (Fsp3) is 0.364. The molecule has 3 aromatic rings. The number of aromatic nitrogens is 2. The highest BCUT2D eigenvalue weighted by atomic mass is 35.5. The van der Waals surface area contributed by atoms with Crippen LogP contribution >= 0.6 is 23.2 Å². The van der Waals surface area contributed by atoms with E-state index in [-0.39, 0.29) is 11.9 Å². The predicted molar refractivity (Wildman–Crippen MR) is 116 cm³/mol. The van der Waals surface area contributed by atoms with Crippen molar-refractivity contribution in [2.75, 3.05) is 0 Å². The average Bonchev–Trinajstić information content (AvgIpc) is 2.96. The molecule has 1 aromatic heterocycles. The van der Waals surface area contributed by atoms with Gasteiger partial charge in [-0.2, -0.15) is 0 Å². The highest BCUT2D eigenvalue weighted by molar-refractivity contribution is 6.42. The minimum Gasteiger partial charge on any atom is -0.354 e. The number of benzene rings is 2. The molecule has 1 unspecified atom stereocenters. The number of imidazole rings is 1. The fourth-order valence-corrected chi connectivity index (χ4v) is 3.54. The molecular formula is C22H25Cl2N3O. The largest absolute Gasteiger partial charge is 0.354 e. The van der Waals surface area contributed by atoms with Gasteiger partial charge in [0, 0.05) is 25.4 Å². The molecule has 0 aliphatic heterocycles. The van der Waals surface area contributed by atoms with Crippen LogP contribution in [0.25, 0.3) is 11.0 Å². The highest BCUT2D eigenvalue weighted by Gasteiger charge is 2.15. The zero-order valence-corrected chi connectivity index (χ0v) is 17.9. The average molecular weight is 418 g/mol. The molecule has 3 rings (SSSR count). The number of amides is 1. The first-order valence-corrected chi connectivity index (χ1v) is 10.3. The lowest BCUT2D eigenvalue weighted by Crippen LogP contribution is -2.32. The molecule has 0 fully saturated rings. The summed E-state index contributed by atoms with van der Waals surface area (Å²) in [5.74, 6) is 0.938. The van der Waals surface area contributed by atoms with E-state index in [0.717, 1.165) is 23.3 Å². The molecule has 148 valence electrons. The van der Waals surface area contributed by atoms with Crippen LogP contribution in [0.3, 0.4) is 0 Å². The molecule has 1 N–H and O–H groups in total. The van der Waals surface area contributed by atoms with E-state index in [2.05, 4.69) is 41.9 Å². The summed E-state index contributed by atoms with van der Waals surface area (Å²) in [5, 5.41) is 3.99. The zero-order valence-electron chi connectivity index (χ0n) is 16.4. The van der Waals surface area contributed by atoms with Crippen molar-refractivity contribution in [3.8, 4) is 0 Å². The Morgan fingerprint density at radius 1 is 1.21 bits per heavy atom. The van der Waals surface area contributed by atoms with Gasteiger partial charge in [-0.15, -0.1) is 0 Å². The standard InChI is InChI=1S/C22H25Cl2N3O/c1-4-15(3)25-22(28)8-9-27-20-13-18(24)17(23)12-19(20)26-21(27)11-16-7-5-6-14(2)10-16/h5-7,10,12-13,15H,4,8-9,11H2,1-3H3,(H,25,28). The van der Waals surface area contributed by atoms with Gasteiger partial charge in [0.1, 0.15) is 5.82 Å². The van der Waals surface area contributed by atoms with E-state index in [1.54, 1.807) is 6.07 Å². The van der Waals surface area contributed by atoms with Crippen LogP contribution in [0.15, 0.2) is 36.4 Å². The van der Waals surface area contributed by atoms with Crippen LogP contribution in [0.2, 0.25) is 10.0 Å². The van der Waals surface area contributed by atoms with E-state index in [4.69, 9.17) is 28.2 Å². The van der Waals surface area contributed by atoms with Gasteiger partial charge in [-0.05, 0) is 38.0 Å². The smallest absolute Gasteiger partial charge is 0.221 e. The second-order valence-electron chi connectivity index (χ2n) is 7.23. The Balaban J connectivity index is 1.92. The van der Waals surface area contributed by atoms with Crippen molar-refractivity contribution >= 4 is 40.1 Å². The molecule has 6 heteroatoms. The normalized spacial score (nSPS) is 12.3. The molecule has 0 saturated heterocycles. The molecule has 0 bridgehead atoms. The van der Waals surface area contributed by atoms with Gasteiger partial charge in [0.15, 0.2) is 0 Å². The summed E-state index contributed by atoms with van der Waals surface area (Å²) in [7, 11) is 0. The summed E-state index contributed by atoms with van der Waals surface area (Å²) in [6.07, 6.45) is 1.97. The third-order valence-electron chi connectivity index (χ3n) is 4.90. The van der Waals surface area contributed by atoms with Crippen LogP contribution < -0.4 is 5.32 Å². The Morgan fingerprint density at radius 3 is 2.68 bits per heavy atom. The Bertz CT molecular complexity index is 997. The fourth-order valence-electron chi connectivity index (χ4n) is 3.22. The zero-order chi connectivity index (χ0) is 20.3. The summed E-state index contributed by atoms with van der Waals surface area (Å²) in [6, 6.07) is 12.2. The second kappa shape index (κ2) is 8.97. The maximum Gasteiger partial charge on any atom is 0.221 e. The molecular weight excluding hydrogens is 393 g/mol. The van der Waals surface area contributed by atoms with E-state index in [0.29, 0.717) is 29.4 Å². The SMILES string of the molecule is CCC(C)NC(=O)CCn1c(Cc2cccc(C)c2)nc2cc(Cl)c(Cl)cc21. The van der Waals surface area contributed by atoms with Gasteiger partial charge in [0.05, 0.1) is 21.1 Å². The van der Waals surface area contributed by atoms with Crippen LogP contribution in [-0.2, 0) is 17.8 Å². The van der Waals surface area contributed by atoms with Crippen LogP contribution in [0, 0.1) is 6.92 Å². The third kappa shape index (κ3) is 4.86. The van der Waals surface area contributed by atoms with Crippen molar-refractivity contribution in [2.45, 2.75) is 52.6 Å². The van der Waals surface area contributed by atoms with Crippen molar-refractivity contribution in [3.63, 3.8) is 0 Å². The summed E-state index contributed by atoms with van der Waals surface area (Å²) >= 11 is 12.4. The number of aryl methyl sites for hydroxylation is 2. The van der Waals surface area contributed by atoms with Crippen LogP contribution in [0.4, 0.5) is 0 Å². The molecule has 0 spiro atoms. The number of hydrogen-bond acceptors (Lipinski definition) is 2. The molecule has 0 aliphatic rings. The first kappa shape index (κ1) is 20.7. The van der Waals surface area contributed by atoms with E-state index in [1.165, 1.54) is 11.1 Å². The topological polar surface area (TPSA) is 46.9 Å². The van der Waals surface area contributed by atoms with Crippen molar-refractivity contribution < 1.29 is 4.79 Å². The Morgan fingerprint density at radius 2 is 1.96 bits per heavy atom. The molecule has 1 atom stereocenters. The van der Waals surface area contributed by atoms with E-state index in [1.807, 2.05) is 19.1 Å². The van der Waals surface area contributed by atoms with Crippen LogP contribution in [0.1, 0.15) is 43.6 Å². The molecule has 1 heterocycles. The quantitative estimate of drug-likeness (QED) is 0.547. The molecule has 4 nitrogen and oxygen atoms in total. The Hall–Kier alpha value is -2.04. The number of halogens is 2. The summed E-state index contributed by atoms with van der Waals surface area (Å²) < 4.78 is 2.08. The van der Waals surface area contributed by atoms with Crippen molar-refractivity contribution in [3.05, 3.63) is 63.4 Å². The minimum atomic E-state index is 0.0396. The lowest BCUT2D eigenvalue weighted by Gasteiger charge is -2.13. The number of rotatable bonds is 7. The predicted octanol–water partition coefficient (Wildman–Crippen LogP) is 5.55. The molecule has 28 heavy (non-hydrogen) atoms. The maximum absolute atomic E-state index is 12.3. The minimum absolute atomic E-state index is 0.0396. The molecule has 2 aromatic carbocycles.